The van der Waals surface area contributed by atoms with Gasteiger partial charge in [-0.05, 0) is 56.0 Å². The van der Waals surface area contributed by atoms with Crippen LogP contribution in [0.1, 0.15) is 29.0 Å². The Morgan fingerprint density at radius 1 is 1.31 bits per heavy atom. The molecule has 2 aromatic heterocycles. The minimum atomic E-state index is -0.407. The minimum Gasteiger partial charge on any atom is -0.321 e. The molecule has 1 amide bonds. The number of anilines is 1. The molecule has 1 saturated carbocycles. The van der Waals surface area contributed by atoms with Crippen LogP contribution in [0.15, 0.2) is 42.6 Å². The van der Waals surface area contributed by atoms with Gasteiger partial charge in [-0.15, -0.1) is 5.10 Å². The molecule has 0 bridgehead atoms. The van der Waals surface area contributed by atoms with Crippen LogP contribution in [0.2, 0.25) is 0 Å². The third kappa shape index (κ3) is 3.61. The molecule has 2 heterocycles. The first-order valence-electron chi connectivity index (χ1n) is 8.53. The summed E-state index contributed by atoms with van der Waals surface area (Å²) >= 11 is 0. The smallest absolute Gasteiger partial charge is 0.274 e. The fraction of sp³-hybridized carbons (Fsp3) is 0.263. The zero-order chi connectivity index (χ0) is 18.1. The number of carbonyl (C=O) groups is 1. The van der Waals surface area contributed by atoms with Crippen LogP contribution < -0.4 is 5.32 Å². The first-order chi connectivity index (χ1) is 12.6. The van der Waals surface area contributed by atoms with E-state index in [0.717, 1.165) is 12.2 Å². The van der Waals surface area contributed by atoms with Crippen molar-refractivity contribution in [3.8, 4) is 11.3 Å². The van der Waals surface area contributed by atoms with E-state index in [1.54, 1.807) is 29.1 Å². The van der Waals surface area contributed by atoms with Gasteiger partial charge >= 0.3 is 0 Å². The summed E-state index contributed by atoms with van der Waals surface area (Å²) in [5.74, 6) is -0.0966. The molecule has 4 rings (SSSR count). The zero-order valence-electron chi connectivity index (χ0n) is 14.3. The highest BCUT2D eigenvalue weighted by Crippen LogP contribution is 2.31. The maximum Gasteiger partial charge on any atom is 0.274 e. The first kappa shape index (κ1) is 16.4. The molecule has 1 fully saturated rings. The van der Waals surface area contributed by atoms with Crippen molar-refractivity contribution in [1.82, 2.24) is 20.0 Å². The number of aryl methyl sites for hydroxylation is 1. The quantitative estimate of drug-likeness (QED) is 0.764. The van der Waals surface area contributed by atoms with E-state index in [4.69, 9.17) is 0 Å². The lowest BCUT2D eigenvalue weighted by molar-refractivity contribution is 0.102. The lowest BCUT2D eigenvalue weighted by atomic mass is 10.1. The van der Waals surface area contributed by atoms with E-state index in [1.807, 2.05) is 13.0 Å². The van der Waals surface area contributed by atoms with Gasteiger partial charge in [0.15, 0.2) is 0 Å². The molecule has 0 saturated heterocycles. The average molecular weight is 351 g/mol. The second-order valence-corrected chi connectivity index (χ2v) is 6.58. The zero-order valence-corrected chi connectivity index (χ0v) is 14.3. The van der Waals surface area contributed by atoms with Crippen LogP contribution in [0, 0.1) is 18.7 Å². The molecule has 1 N–H and O–H groups in total. The van der Waals surface area contributed by atoms with E-state index in [1.165, 1.54) is 25.0 Å². The highest BCUT2D eigenvalue weighted by molar-refractivity contribution is 6.03. The number of carbonyl (C=O) groups excluding carboxylic acids is 1. The summed E-state index contributed by atoms with van der Waals surface area (Å²) in [5, 5.41) is 10.9. The lowest BCUT2D eigenvalue weighted by Gasteiger charge is -2.07. The number of hydrogen-bond acceptors (Lipinski definition) is 4. The molecule has 1 aromatic carbocycles. The average Bonchev–Trinajstić information content (AvgIpc) is 3.32. The Hall–Kier alpha value is -3.09. The lowest BCUT2D eigenvalue weighted by Crippen LogP contribution is -2.14. The summed E-state index contributed by atoms with van der Waals surface area (Å²) in [5.41, 5.74) is 2.30. The number of halogens is 1. The number of nitrogens with one attached hydrogen (secondary N) is 1. The highest BCUT2D eigenvalue weighted by atomic mass is 19.1. The van der Waals surface area contributed by atoms with E-state index in [-0.39, 0.29) is 5.91 Å². The predicted octanol–water partition coefficient (Wildman–Crippen LogP) is 3.45. The van der Waals surface area contributed by atoms with Gasteiger partial charge in [0.25, 0.3) is 5.91 Å². The molecule has 26 heavy (non-hydrogen) atoms. The van der Waals surface area contributed by atoms with Gasteiger partial charge in [-0.2, -0.15) is 0 Å². The van der Waals surface area contributed by atoms with E-state index < -0.39 is 5.82 Å². The topological polar surface area (TPSA) is 72.7 Å². The van der Waals surface area contributed by atoms with Gasteiger partial charge in [0, 0.05) is 23.5 Å². The largest absolute Gasteiger partial charge is 0.321 e. The molecule has 6 nitrogen and oxygen atoms in total. The van der Waals surface area contributed by atoms with Crippen molar-refractivity contribution in [2.24, 2.45) is 5.92 Å². The Labute approximate surface area is 150 Å². The first-order valence-corrected chi connectivity index (χ1v) is 8.53. The van der Waals surface area contributed by atoms with Crippen molar-refractivity contribution in [1.29, 1.82) is 0 Å². The second-order valence-electron chi connectivity index (χ2n) is 6.58. The van der Waals surface area contributed by atoms with Gasteiger partial charge in [-0.3, -0.25) is 9.48 Å². The molecular weight excluding hydrogens is 333 g/mol. The molecule has 0 spiro atoms. The molecule has 1 aliphatic carbocycles. The van der Waals surface area contributed by atoms with Gasteiger partial charge < -0.3 is 5.32 Å². The van der Waals surface area contributed by atoms with E-state index in [9.17, 15) is 9.18 Å². The third-order valence-corrected chi connectivity index (χ3v) is 4.30. The number of nitrogens with zero attached hydrogens (tertiary/aromatic N) is 4. The number of pyridine rings is 1. The van der Waals surface area contributed by atoms with Crippen molar-refractivity contribution >= 4 is 11.6 Å². The van der Waals surface area contributed by atoms with Crippen LogP contribution in [-0.4, -0.2) is 25.9 Å². The maximum atomic E-state index is 14.3. The van der Waals surface area contributed by atoms with Crippen molar-refractivity contribution in [3.05, 3.63) is 59.8 Å². The number of rotatable bonds is 5. The number of benzene rings is 1. The fourth-order valence-electron chi connectivity index (χ4n) is 2.74. The van der Waals surface area contributed by atoms with Crippen LogP contribution in [-0.2, 0) is 6.54 Å². The highest BCUT2D eigenvalue weighted by Gasteiger charge is 2.22. The van der Waals surface area contributed by atoms with Crippen LogP contribution in [0.4, 0.5) is 10.1 Å². The Morgan fingerprint density at radius 2 is 2.15 bits per heavy atom. The second kappa shape index (κ2) is 6.67. The number of aromatic nitrogens is 4. The van der Waals surface area contributed by atoms with Crippen LogP contribution in [0.25, 0.3) is 11.3 Å². The molecule has 1 aliphatic rings. The standard InChI is InChI=1S/C19H18FN5O/c1-12-3-2-4-17(21-12)19(26)22-14-7-8-16(20)15(9-14)18-11-25(24-23-18)10-13-5-6-13/h2-4,7-9,11,13H,5-6,10H2,1H3,(H,22,26). The van der Waals surface area contributed by atoms with Crippen LogP contribution in [0.5, 0.6) is 0 Å². The number of hydrogen-bond donors (Lipinski definition) is 1. The van der Waals surface area contributed by atoms with Gasteiger partial charge in [0.1, 0.15) is 17.2 Å². The van der Waals surface area contributed by atoms with E-state index >= 15 is 0 Å². The normalized spacial score (nSPS) is 13.6. The summed E-state index contributed by atoms with van der Waals surface area (Å²) in [4.78, 5) is 16.5. The Bertz CT molecular complexity index is 964. The summed E-state index contributed by atoms with van der Waals surface area (Å²) < 4.78 is 16.0. The van der Waals surface area contributed by atoms with Gasteiger partial charge in [-0.25, -0.2) is 9.37 Å². The Morgan fingerprint density at radius 3 is 2.92 bits per heavy atom. The summed E-state index contributed by atoms with van der Waals surface area (Å²) in [7, 11) is 0. The van der Waals surface area contributed by atoms with E-state index in [0.29, 0.717) is 28.6 Å². The van der Waals surface area contributed by atoms with Crippen LogP contribution in [0.3, 0.4) is 0 Å². The van der Waals surface area contributed by atoms with Crippen LogP contribution >= 0.6 is 0 Å². The molecule has 0 aliphatic heterocycles. The molecule has 0 unspecified atom stereocenters. The molecule has 3 aromatic rings. The summed E-state index contributed by atoms with van der Waals surface area (Å²) in [6.07, 6.45) is 4.15. The molecule has 0 radical (unpaired) electrons. The summed E-state index contributed by atoms with van der Waals surface area (Å²) in [6, 6.07) is 9.61. The van der Waals surface area contributed by atoms with Gasteiger partial charge in [-0.1, -0.05) is 11.3 Å². The number of amides is 1. The van der Waals surface area contributed by atoms with Crippen molar-refractivity contribution in [3.63, 3.8) is 0 Å². The fourth-order valence-corrected chi connectivity index (χ4v) is 2.74. The third-order valence-electron chi connectivity index (χ3n) is 4.30. The SMILES string of the molecule is Cc1cccc(C(=O)Nc2ccc(F)c(-c3cn(CC4CC4)nn3)c2)n1. The molecular formula is C19H18FN5O. The molecule has 0 atom stereocenters. The minimum absolute atomic E-state index is 0.307. The van der Waals surface area contributed by atoms with Crippen molar-refractivity contribution < 1.29 is 9.18 Å². The van der Waals surface area contributed by atoms with Gasteiger partial charge in [0.2, 0.25) is 0 Å². The maximum absolute atomic E-state index is 14.3. The van der Waals surface area contributed by atoms with Crippen molar-refractivity contribution in [2.45, 2.75) is 26.3 Å². The predicted molar refractivity (Wildman–Crippen MR) is 95.1 cm³/mol. The van der Waals surface area contributed by atoms with Crippen molar-refractivity contribution in [2.75, 3.05) is 5.32 Å². The summed E-state index contributed by atoms with van der Waals surface area (Å²) in [6.45, 7) is 2.63. The van der Waals surface area contributed by atoms with E-state index in [2.05, 4.69) is 20.6 Å². The molecule has 7 heteroatoms. The van der Waals surface area contributed by atoms with Gasteiger partial charge in [0.05, 0.1) is 6.20 Å². The Balaban J connectivity index is 1.55. The Kier molecular flexibility index (Phi) is 4.20. The monoisotopic (exact) mass is 351 g/mol. The molecule has 132 valence electrons.